The molecule has 5 nitrogen and oxygen atoms in total. The Hall–Kier alpha value is -0.950. The van der Waals surface area contributed by atoms with Crippen molar-refractivity contribution < 1.29 is 8.42 Å². The summed E-state index contributed by atoms with van der Waals surface area (Å²) >= 11 is 0. The Bertz CT molecular complexity index is 581. The van der Waals surface area contributed by atoms with E-state index in [9.17, 15) is 8.42 Å². The van der Waals surface area contributed by atoms with Gasteiger partial charge in [-0.2, -0.15) is 17.0 Å². The molecule has 6 heteroatoms. The minimum Gasteiger partial charge on any atom is -0.304 e. The maximum absolute atomic E-state index is 12.4. The van der Waals surface area contributed by atoms with Crippen molar-refractivity contribution in [2.24, 2.45) is 0 Å². The fraction of sp³-hybridized carbons (Fsp3) is 0.600. The molecular weight excluding hydrogens is 286 g/mol. The summed E-state index contributed by atoms with van der Waals surface area (Å²) in [5.74, 6) is 0.204. The molecule has 2 atom stereocenters. The Kier molecular flexibility index (Phi) is 4.72. The van der Waals surface area contributed by atoms with Crippen molar-refractivity contribution in [2.75, 3.05) is 41.3 Å². The molecule has 0 unspecified atom stereocenters. The molecule has 0 saturated carbocycles. The minimum atomic E-state index is -3.35. The van der Waals surface area contributed by atoms with E-state index in [1.165, 1.54) is 15.4 Å². The molecule has 1 aromatic rings. The second kappa shape index (κ2) is 6.04. The normalized spacial score (nSPS) is 24.1. The molecule has 0 aliphatic carbocycles. The van der Waals surface area contributed by atoms with Crippen LogP contribution in [0.25, 0.3) is 0 Å². The molecule has 2 rings (SSSR count). The second-order valence-corrected chi connectivity index (χ2v) is 8.30. The maximum Gasteiger partial charge on any atom is 0.281 e. The summed E-state index contributed by atoms with van der Waals surface area (Å²) in [5.41, 5.74) is 2.42. The van der Waals surface area contributed by atoms with Crippen LogP contribution in [-0.4, -0.2) is 69.3 Å². The summed E-state index contributed by atoms with van der Waals surface area (Å²) in [6.07, 6.45) is 0. The van der Waals surface area contributed by atoms with Crippen LogP contribution in [0.4, 0.5) is 0 Å². The third-order valence-electron chi connectivity index (χ3n) is 4.21. The maximum atomic E-state index is 12.4. The number of aryl methyl sites for hydroxylation is 1. The molecule has 0 amide bonds. The fourth-order valence-electron chi connectivity index (χ4n) is 2.84. The summed E-state index contributed by atoms with van der Waals surface area (Å²) < 4.78 is 27.6. The zero-order valence-corrected chi connectivity index (χ0v) is 14.3. The van der Waals surface area contributed by atoms with Crippen molar-refractivity contribution in [3.63, 3.8) is 0 Å². The first-order valence-corrected chi connectivity index (χ1v) is 8.53. The lowest BCUT2D eigenvalue weighted by Gasteiger charge is -2.25. The second-order valence-electron chi connectivity index (χ2n) is 6.16. The van der Waals surface area contributed by atoms with Crippen LogP contribution in [0.5, 0.6) is 0 Å². The van der Waals surface area contributed by atoms with Crippen LogP contribution in [0.3, 0.4) is 0 Å². The molecular formula is C15H25N3O2S. The lowest BCUT2D eigenvalue weighted by Crippen LogP contribution is -2.40. The highest BCUT2D eigenvalue weighted by Crippen LogP contribution is 2.32. The van der Waals surface area contributed by atoms with Crippen LogP contribution in [0.1, 0.15) is 17.0 Å². The monoisotopic (exact) mass is 311 g/mol. The lowest BCUT2D eigenvalue weighted by atomic mass is 9.93. The third kappa shape index (κ3) is 3.29. The van der Waals surface area contributed by atoms with E-state index in [1.807, 2.05) is 14.1 Å². The Morgan fingerprint density at radius 1 is 1.05 bits per heavy atom. The molecule has 0 bridgehead atoms. The predicted molar refractivity (Wildman–Crippen MR) is 85.6 cm³/mol. The first-order valence-electron chi connectivity index (χ1n) is 7.14. The molecule has 0 N–H and O–H groups in total. The highest BCUT2D eigenvalue weighted by molar-refractivity contribution is 7.86. The highest BCUT2D eigenvalue weighted by Gasteiger charge is 2.41. The topological polar surface area (TPSA) is 43.9 Å². The van der Waals surface area contributed by atoms with E-state index < -0.39 is 10.2 Å². The van der Waals surface area contributed by atoms with Gasteiger partial charge >= 0.3 is 0 Å². The van der Waals surface area contributed by atoms with Gasteiger partial charge in [-0.05, 0) is 26.6 Å². The van der Waals surface area contributed by atoms with Crippen molar-refractivity contribution >= 4 is 10.2 Å². The van der Waals surface area contributed by atoms with Gasteiger partial charge in [0.25, 0.3) is 10.2 Å². The summed E-state index contributed by atoms with van der Waals surface area (Å²) in [4.78, 5) is 2.12. The van der Waals surface area contributed by atoms with Crippen LogP contribution in [-0.2, 0) is 10.2 Å². The van der Waals surface area contributed by atoms with Crippen LogP contribution in [0.2, 0.25) is 0 Å². The lowest BCUT2D eigenvalue weighted by molar-refractivity contribution is 0.283. The third-order valence-corrected chi connectivity index (χ3v) is 6.09. The Labute approximate surface area is 128 Å². The molecule has 1 heterocycles. The highest BCUT2D eigenvalue weighted by atomic mass is 32.2. The van der Waals surface area contributed by atoms with Crippen molar-refractivity contribution in [3.05, 3.63) is 35.4 Å². The number of nitrogens with zero attached hydrogens (tertiary/aromatic N) is 3. The van der Waals surface area contributed by atoms with Crippen molar-refractivity contribution in [1.29, 1.82) is 0 Å². The van der Waals surface area contributed by atoms with Gasteiger partial charge in [0.05, 0.1) is 0 Å². The van der Waals surface area contributed by atoms with Gasteiger partial charge in [-0.25, -0.2) is 0 Å². The van der Waals surface area contributed by atoms with Crippen LogP contribution < -0.4 is 0 Å². The van der Waals surface area contributed by atoms with Gasteiger partial charge in [-0.15, -0.1) is 0 Å². The van der Waals surface area contributed by atoms with Gasteiger partial charge in [0, 0.05) is 39.1 Å². The molecule has 0 aromatic heterocycles. The Balaban J connectivity index is 2.30. The first kappa shape index (κ1) is 16.4. The zero-order valence-electron chi connectivity index (χ0n) is 13.4. The SMILES string of the molecule is Cc1ccc([C@@H]2CN(S(=O)(=O)N(C)C)C[C@H]2N(C)C)cc1. The largest absolute Gasteiger partial charge is 0.304 e. The van der Waals surface area contributed by atoms with E-state index in [-0.39, 0.29) is 12.0 Å². The average Bonchev–Trinajstić information content (AvgIpc) is 2.85. The van der Waals surface area contributed by atoms with Gasteiger partial charge in [-0.3, -0.25) is 0 Å². The van der Waals surface area contributed by atoms with Gasteiger partial charge in [0.2, 0.25) is 0 Å². The molecule has 1 saturated heterocycles. The van der Waals surface area contributed by atoms with Gasteiger partial charge in [-0.1, -0.05) is 29.8 Å². The molecule has 1 aliphatic rings. The predicted octanol–water partition coefficient (Wildman–Crippen LogP) is 1.13. The van der Waals surface area contributed by atoms with Gasteiger partial charge in [0.1, 0.15) is 0 Å². The number of rotatable bonds is 4. The van der Waals surface area contributed by atoms with E-state index in [0.29, 0.717) is 13.1 Å². The van der Waals surface area contributed by atoms with E-state index in [2.05, 4.69) is 36.1 Å². The Morgan fingerprint density at radius 2 is 1.62 bits per heavy atom. The minimum absolute atomic E-state index is 0.197. The Morgan fingerprint density at radius 3 is 2.10 bits per heavy atom. The zero-order chi connectivity index (χ0) is 15.8. The standard InChI is InChI=1S/C15H25N3O2S/c1-12-6-8-13(9-7-12)14-10-18(11-15(14)16(2)3)21(19,20)17(4)5/h6-9,14-15H,10-11H2,1-5H3/t14-,15+/m0/s1. The number of benzene rings is 1. The van der Waals surface area contributed by atoms with E-state index in [1.54, 1.807) is 18.4 Å². The summed E-state index contributed by atoms with van der Waals surface area (Å²) in [6.45, 7) is 3.13. The number of likely N-dealkylation sites (N-methyl/N-ethyl adjacent to an activating group) is 1. The summed E-state index contributed by atoms with van der Waals surface area (Å²) in [7, 11) is 3.84. The average molecular weight is 311 g/mol. The molecule has 0 spiro atoms. The van der Waals surface area contributed by atoms with Crippen LogP contribution in [0, 0.1) is 6.92 Å². The molecule has 1 aromatic carbocycles. The van der Waals surface area contributed by atoms with Crippen LogP contribution in [0.15, 0.2) is 24.3 Å². The number of hydrogen-bond donors (Lipinski definition) is 0. The van der Waals surface area contributed by atoms with Crippen molar-refractivity contribution in [2.45, 2.75) is 18.9 Å². The molecule has 1 fully saturated rings. The van der Waals surface area contributed by atoms with Crippen LogP contribution >= 0.6 is 0 Å². The smallest absolute Gasteiger partial charge is 0.281 e. The van der Waals surface area contributed by atoms with E-state index >= 15 is 0 Å². The van der Waals surface area contributed by atoms with E-state index in [4.69, 9.17) is 0 Å². The van der Waals surface area contributed by atoms with Crippen molar-refractivity contribution in [3.8, 4) is 0 Å². The summed E-state index contributed by atoms with van der Waals surface area (Å²) in [5, 5.41) is 0. The van der Waals surface area contributed by atoms with Gasteiger partial charge in [0.15, 0.2) is 0 Å². The number of hydrogen-bond acceptors (Lipinski definition) is 3. The van der Waals surface area contributed by atoms with Gasteiger partial charge < -0.3 is 4.90 Å². The van der Waals surface area contributed by atoms with E-state index in [0.717, 1.165) is 0 Å². The first-order chi connectivity index (χ1) is 9.73. The molecule has 118 valence electrons. The fourth-order valence-corrected chi connectivity index (χ4v) is 3.99. The summed E-state index contributed by atoms with van der Waals surface area (Å²) in [6, 6.07) is 8.60. The molecule has 0 radical (unpaired) electrons. The van der Waals surface area contributed by atoms with Crippen molar-refractivity contribution in [1.82, 2.24) is 13.5 Å². The quantitative estimate of drug-likeness (QED) is 0.837. The molecule has 1 aliphatic heterocycles. The molecule has 21 heavy (non-hydrogen) atoms.